The summed E-state index contributed by atoms with van der Waals surface area (Å²) < 4.78 is 4.80. The largest absolute Gasteiger partial charge is 0.315 e. The van der Waals surface area contributed by atoms with Crippen molar-refractivity contribution in [3.63, 3.8) is 0 Å². The fraction of sp³-hybridized carbons (Fsp3) is 0. The third-order valence-electron chi connectivity index (χ3n) is 9.46. The topological polar surface area (TPSA) is 9.86 Å². The highest BCUT2D eigenvalue weighted by molar-refractivity contribution is 6.25. The van der Waals surface area contributed by atoms with Crippen molar-refractivity contribution in [2.24, 2.45) is 0 Å². The average molecular weight is 559 g/mol. The lowest BCUT2D eigenvalue weighted by molar-refractivity contribution is 1.12. The molecule has 0 fully saturated rings. The van der Waals surface area contributed by atoms with Crippen LogP contribution in [0, 0.1) is 0 Å². The third kappa shape index (κ3) is 3.20. The van der Waals surface area contributed by atoms with Crippen LogP contribution in [0.5, 0.6) is 0 Å². The molecule has 2 aromatic heterocycles. The third-order valence-corrected chi connectivity index (χ3v) is 9.46. The van der Waals surface area contributed by atoms with Gasteiger partial charge in [0.2, 0.25) is 0 Å². The van der Waals surface area contributed by atoms with Crippen LogP contribution in [0.15, 0.2) is 158 Å². The van der Waals surface area contributed by atoms with Gasteiger partial charge in [0.25, 0.3) is 0 Å². The number of hydrogen-bond donors (Lipinski definition) is 0. The van der Waals surface area contributed by atoms with Crippen molar-refractivity contribution in [2.45, 2.75) is 0 Å². The second kappa shape index (κ2) is 8.82. The molecule has 2 nitrogen and oxygen atoms in total. The summed E-state index contributed by atoms with van der Waals surface area (Å²) in [6.07, 6.45) is 2.20. The van der Waals surface area contributed by atoms with Crippen molar-refractivity contribution in [3.05, 3.63) is 158 Å². The van der Waals surface area contributed by atoms with Crippen LogP contribution in [0.25, 0.3) is 87.5 Å². The molecule has 0 radical (unpaired) electrons. The van der Waals surface area contributed by atoms with Crippen LogP contribution in [-0.4, -0.2) is 9.13 Å². The number of nitrogens with zero attached hydrogens (tertiary/aromatic N) is 2. The molecule has 10 aromatic rings. The predicted octanol–water partition coefficient (Wildman–Crippen LogP) is 11.3. The van der Waals surface area contributed by atoms with Gasteiger partial charge in [-0.3, -0.25) is 0 Å². The Labute approximate surface area is 254 Å². The lowest BCUT2D eigenvalue weighted by Crippen LogP contribution is -1.98. The summed E-state index contributed by atoms with van der Waals surface area (Å²) >= 11 is 0. The molecule has 0 aliphatic heterocycles. The van der Waals surface area contributed by atoms with Gasteiger partial charge in [0.1, 0.15) is 0 Å². The molecular formula is C42H26N2. The zero-order valence-corrected chi connectivity index (χ0v) is 23.9. The molecule has 0 amide bonds. The first-order chi connectivity index (χ1) is 21.8. The smallest absolute Gasteiger partial charge is 0.0788 e. The van der Waals surface area contributed by atoms with Crippen LogP contribution in [0.3, 0.4) is 0 Å². The Morgan fingerprint density at radius 1 is 0.386 bits per heavy atom. The van der Waals surface area contributed by atoms with Crippen LogP contribution in [0.1, 0.15) is 0 Å². The van der Waals surface area contributed by atoms with Gasteiger partial charge in [-0.15, -0.1) is 0 Å². The Morgan fingerprint density at radius 2 is 1.07 bits per heavy atom. The van der Waals surface area contributed by atoms with Crippen molar-refractivity contribution < 1.29 is 0 Å². The summed E-state index contributed by atoms with van der Waals surface area (Å²) in [7, 11) is 0. The lowest BCUT2D eigenvalue weighted by atomic mass is 9.90. The maximum Gasteiger partial charge on any atom is 0.0788 e. The fourth-order valence-corrected chi connectivity index (χ4v) is 7.54. The highest BCUT2D eigenvalue weighted by atomic mass is 15.0. The van der Waals surface area contributed by atoms with Crippen LogP contribution < -0.4 is 0 Å². The molecule has 0 N–H and O–H groups in total. The SMILES string of the molecule is c1ccc(-n2ccc3ccc4c5ccccc5n(-c5cccc(-c6ccc7ccc8cccc9ccc6c7c89)c5)c4c32)cc1. The second-order valence-corrected chi connectivity index (χ2v) is 11.8. The number of para-hydroxylation sites is 2. The Bertz CT molecular complexity index is 2690. The molecule has 44 heavy (non-hydrogen) atoms. The van der Waals surface area contributed by atoms with E-state index in [1.165, 1.54) is 76.2 Å². The molecule has 0 aliphatic carbocycles. The van der Waals surface area contributed by atoms with Gasteiger partial charge < -0.3 is 9.13 Å². The summed E-state index contributed by atoms with van der Waals surface area (Å²) in [6, 6.07) is 55.6. The van der Waals surface area contributed by atoms with Gasteiger partial charge in [-0.05, 0) is 79.8 Å². The van der Waals surface area contributed by atoms with E-state index in [9.17, 15) is 0 Å². The Kier molecular flexibility index (Phi) is 4.75. The molecule has 2 heteroatoms. The quantitative estimate of drug-likeness (QED) is 0.191. The maximum absolute atomic E-state index is 2.46. The molecule has 0 bridgehead atoms. The Morgan fingerprint density at radius 3 is 1.95 bits per heavy atom. The minimum absolute atomic E-state index is 1.16. The molecule has 0 unspecified atom stereocenters. The van der Waals surface area contributed by atoms with Gasteiger partial charge in [-0.2, -0.15) is 0 Å². The molecular weight excluding hydrogens is 532 g/mol. The van der Waals surface area contributed by atoms with Crippen LogP contribution in [-0.2, 0) is 0 Å². The van der Waals surface area contributed by atoms with E-state index in [0.717, 1.165) is 11.4 Å². The molecule has 0 saturated heterocycles. The molecule has 0 aliphatic rings. The number of rotatable bonds is 3. The summed E-state index contributed by atoms with van der Waals surface area (Å²) in [5.74, 6) is 0. The van der Waals surface area contributed by atoms with E-state index in [-0.39, 0.29) is 0 Å². The highest BCUT2D eigenvalue weighted by Gasteiger charge is 2.19. The van der Waals surface area contributed by atoms with Gasteiger partial charge in [0, 0.05) is 33.7 Å². The summed E-state index contributed by atoms with van der Waals surface area (Å²) in [6.45, 7) is 0. The van der Waals surface area contributed by atoms with Crippen molar-refractivity contribution in [2.75, 3.05) is 0 Å². The van der Waals surface area contributed by atoms with Crippen LogP contribution in [0.4, 0.5) is 0 Å². The molecule has 10 rings (SSSR count). The van der Waals surface area contributed by atoms with Crippen LogP contribution >= 0.6 is 0 Å². The normalized spacial score (nSPS) is 12.1. The molecule has 0 spiro atoms. The predicted molar refractivity (Wildman–Crippen MR) is 187 cm³/mol. The summed E-state index contributed by atoms with van der Waals surface area (Å²) in [5.41, 5.74) is 8.46. The van der Waals surface area contributed by atoms with Gasteiger partial charge in [0.05, 0.1) is 16.6 Å². The summed E-state index contributed by atoms with van der Waals surface area (Å²) in [5, 5.41) is 11.6. The monoisotopic (exact) mass is 558 g/mol. The molecule has 0 saturated carbocycles. The summed E-state index contributed by atoms with van der Waals surface area (Å²) in [4.78, 5) is 0. The van der Waals surface area contributed by atoms with Crippen LogP contribution in [0.2, 0.25) is 0 Å². The Balaban J connectivity index is 1.28. The first-order valence-electron chi connectivity index (χ1n) is 15.2. The van der Waals surface area contributed by atoms with E-state index in [1.54, 1.807) is 0 Å². The number of hydrogen-bond acceptors (Lipinski definition) is 0. The van der Waals surface area contributed by atoms with E-state index in [0.29, 0.717) is 0 Å². The van der Waals surface area contributed by atoms with E-state index < -0.39 is 0 Å². The van der Waals surface area contributed by atoms with Gasteiger partial charge in [-0.25, -0.2) is 0 Å². The number of fused-ring (bicyclic) bond motifs is 5. The van der Waals surface area contributed by atoms with Crippen molar-refractivity contribution >= 4 is 65.0 Å². The van der Waals surface area contributed by atoms with Crippen molar-refractivity contribution in [1.29, 1.82) is 0 Å². The molecule has 2 heterocycles. The van der Waals surface area contributed by atoms with Gasteiger partial charge >= 0.3 is 0 Å². The van der Waals surface area contributed by atoms with E-state index >= 15 is 0 Å². The zero-order valence-electron chi connectivity index (χ0n) is 23.9. The average Bonchev–Trinajstić information content (AvgIpc) is 3.67. The van der Waals surface area contributed by atoms with Gasteiger partial charge in [0.15, 0.2) is 0 Å². The van der Waals surface area contributed by atoms with Crippen molar-refractivity contribution in [3.8, 4) is 22.5 Å². The minimum atomic E-state index is 1.16. The standard InChI is InChI=1S/C42H26N2/c1-2-11-32(12-3-1)43-25-24-30-20-23-37-35-14-4-5-15-38(35)44(42(37)41(30)43)33-13-7-10-31(26-33)34-21-18-29-17-16-27-8-6-9-28-19-22-36(34)40(29)39(27)28/h1-26H. The molecule has 8 aromatic carbocycles. The Hall–Kier alpha value is -5.86. The number of benzene rings is 8. The zero-order chi connectivity index (χ0) is 28.8. The van der Waals surface area contributed by atoms with E-state index in [2.05, 4.69) is 167 Å². The lowest BCUT2D eigenvalue weighted by Gasteiger charge is -2.16. The second-order valence-electron chi connectivity index (χ2n) is 11.8. The highest BCUT2D eigenvalue weighted by Crippen LogP contribution is 2.41. The van der Waals surface area contributed by atoms with Gasteiger partial charge in [-0.1, -0.05) is 115 Å². The maximum atomic E-state index is 2.46. The first kappa shape index (κ1) is 23.7. The molecule has 0 atom stereocenters. The number of aromatic nitrogens is 2. The fourth-order valence-electron chi connectivity index (χ4n) is 7.54. The minimum Gasteiger partial charge on any atom is -0.315 e. The van der Waals surface area contributed by atoms with E-state index in [1.807, 2.05) is 0 Å². The molecule has 204 valence electrons. The van der Waals surface area contributed by atoms with E-state index in [4.69, 9.17) is 0 Å². The van der Waals surface area contributed by atoms with Crippen molar-refractivity contribution in [1.82, 2.24) is 9.13 Å². The first-order valence-corrected chi connectivity index (χ1v) is 15.2.